The molecular formula is C8H22N2S2Sn. The van der Waals surface area contributed by atoms with Crippen LogP contribution in [0.5, 0.6) is 0 Å². The molecule has 4 N–H and O–H groups in total. The van der Waals surface area contributed by atoms with Gasteiger partial charge in [-0.15, -0.1) is 0 Å². The number of hydrogen-bond donors (Lipinski definition) is 2. The average molecular weight is 329 g/mol. The van der Waals surface area contributed by atoms with E-state index in [1.54, 1.807) is 0 Å². The Balaban J connectivity index is 3.97. The van der Waals surface area contributed by atoms with Crippen molar-refractivity contribution in [1.29, 1.82) is 0 Å². The zero-order valence-electron chi connectivity index (χ0n) is 8.71. The predicted molar refractivity (Wildman–Crippen MR) is 69.7 cm³/mol. The van der Waals surface area contributed by atoms with Crippen molar-refractivity contribution >= 4 is 33.5 Å². The van der Waals surface area contributed by atoms with E-state index in [2.05, 4.69) is 31.7 Å². The van der Waals surface area contributed by atoms with Crippen LogP contribution in [0.4, 0.5) is 0 Å². The summed E-state index contributed by atoms with van der Waals surface area (Å²) >= 11 is -1.87. The summed E-state index contributed by atoms with van der Waals surface area (Å²) in [5.41, 5.74) is 11.1. The fraction of sp³-hybridized carbons (Fsp3) is 1.00. The maximum absolute atomic E-state index is 5.55. The molecule has 0 aromatic rings. The van der Waals surface area contributed by atoms with E-state index in [0.717, 1.165) is 24.6 Å². The second-order valence-electron chi connectivity index (χ2n) is 2.89. The molecule has 0 aliphatic heterocycles. The fourth-order valence-corrected chi connectivity index (χ4v) is 25.6. The molecule has 0 aromatic carbocycles. The third-order valence-electron chi connectivity index (χ3n) is 2.04. The third-order valence-corrected chi connectivity index (χ3v) is 35.1. The SMILES string of the molecule is C[CH2][Sn]([CH2]C)([S]CCN)[S]CCN. The van der Waals surface area contributed by atoms with Crippen molar-refractivity contribution in [1.82, 2.24) is 0 Å². The van der Waals surface area contributed by atoms with Crippen molar-refractivity contribution in [3.8, 4) is 0 Å². The van der Waals surface area contributed by atoms with E-state index in [4.69, 9.17) is 11.5 Å². The van der Waals surface area contributed by atoms with E-state index in [9.17, 15) is 0 Å². The van der Waals surface area contributed by atoms with Gasteiger partial charge in [0.2, 0.25) is 0 Å². The van der Waals surface area contributed by atoms with Crippen molar-refractivity contribution in [2.45, 2.75) is 22.7 Å². The van der Waals surface area contributed by atoms with Crippen LogP contribution in [-0.2, 0) is 0 Å². The molecule has 2 nitrogen and oxygen atoms in total. The molecule has 0 atom stereocenters. The topological polar surface area (TPSA) is 52.0 Å². The van der Waals surface area contributed by atoms with Crippen LogP contribution in [0.15, 0.2) is 0 Å². The molecule has 0 amide bonds. The maximum atomic E-state index is 5.55. The Kier molecular flexibility index (Phi) is 9.65. The van der Waals surface area contributed by atoms with Crippen LogP contribution in [0, 0.1) is 0 Å². The molecule has 0 aliphatic carbocycles. The summed E-state index contributed by atoms with van der Waals surface area (Å²) in [5, 5.41) is 0. The molecule has 0 saturated carbocycles. The zero-order chi connectivity index (χ0) is 10.2. The van der Waals surface area contributed by atoms with Gasteiger partial charge >= 0.3 is 92.3 Å². The van der Waals surface area contributed by atoms with Crippen molar-refractivity contribution < 1.29 is 0 Å². The van der Waals surface area contributed by atoms with Crippen LogP contribution >= 0.6 is 17.9 Å². The summed E-state index contributed by atoms with van der Waals surface area (Å²) < 4.78 is 2.81. The first-order valence-corrected chi connectivity index (χ1v) is 17.9. The Morgan fingerprint density at radius 2 is 1.31 bits per heavy atom. The Bertz CT molecular complexity index is 111. The number of nitrogens with two attached hydrogens (primary N) is 2. The first-order valence-electron chi connectivity index (χ1n) is 4.92. The van der Waals surface area contributed by atoms with Crippen LogP contribution in [0.1, 0.15) is 13.8 Å². The Morgan fingerprint density at radius 3 is 1.54 bits per heavy atom. The molecule has 0 saturated heterocycles. The summed E-state index contributed by atoms with van der Waals surface area (Å²) in [6.07, 6.45) is 0. The monoisotopic (exact) mass is 330 g/mol. The normalized spacial score (nSPS) is 12.0. The van der Waals surface area contributed by atoms with Crippen LogP contribution in [0.2, 0.25) is 8.87 Å². The van der Waals surface area contributed by atoms with E-state index in [-0.39, 0.29) is 0 Å². The fourth-order valence-electron chi connectivity index (χ4n) is 1.19. The van der Waals surface area contributed by atoms with Gasteiger partial charge in [0.1, 0.15) is 0 Å². The molecule has 80 valence electrons. The van der Waals surface area contributed by atoms with E-state index in [0.29, 0.717) is 0 Å². The molecule has 0 unspecified atom stereocenters. The molecule has 5 heteroatoms. The summed E-state index contributed by atoms with van der Waals surface area (Å²) in [4.78, 5) is 0. The molecule has 13 heavy (non-hydrogen) atoms. The van der Waals surface area contributed by atoms with Gasteiger partial charge in [-0.05, 0) is 0 Å². The van der Waals surface area contributed by atoms with Crippen molar-refractivity contribution in [3.05, 3.63) is 0 Å². The van der Waals surface area contributed by atoms with Crippen LogP contribution < -0.4 is 11.5 Å². The van der Waals surface area contributed by atoms with Gasteiger partial charge in [0.15, 0.2) is 0 Å². The van der Waals surface area contributed by atoms with Gasteiger partial charge in [0, 0.05) is 0 Å². The van der Waals surface area contributed by atoms with Gasteiger partial charge in [-0.3, -0.25) is 0 Å². The van der Waals surface area contributed by atoms with E-state index >= 15 is 0 Å². The van der Waals surface area contributed by atoms with Crippen LogP contribution in [0.25, 0.3) is 0 Å². The second kappa shape index (κ2) is 8.70. The van der Waals surface area contributed by atoms with Crippen molar-refractivity contribution in [3.63, 3.8) is 0 Å². The molecule has 0 rings (SSSR count). The molecule has 0 bridgehead atoms. The number of hydrogen-bond acceptors (Lipinski definition) is 4. The third kappa shape index (κ3) is 5.77. The number of rotatable bonds is 8. The quantitative estimate of drug-likeness (QED) is 0.668. The first kappa shape index (κ1) is 14.4. The van der Waals surface area contributed by atoms with Gasteiger partial charge in [-0.1, -0.05) is 0 Å². The molecule has 0 aromatic heterocycles. The predicted octanol–water partition coefficient (Wildman–Crippen LogP) is 1.85. The molecule has 0 fully saturated rings. The van der Waals surface area contributed by atoms with Crippen LogP contribution in [0.3, 0.4) is 0 Å². The first-order chi connectivity index (χ1) is 6.24. The van der Waals surface area contributed by atoms with Crippen molar-refractivity contribution in [2.24, 2.45) is 11.5 Å². The molecule has 0 heterocycles. The summed E-state index contributed by atoms with van der Waals surface area (Å²) in [6.45, 7) is 6.33. The molecular weight excluding hydrogens is 307 g/mol. The van der Waals surface area contributed by atoms with Gasteiger partial charge in [0.25, 0.3) is 0 Å². The summed E-state index contributed by atoms with van der Waals surface area (Å²) in [5.74, 6) is 2.30. The Labute approximate surface area is 91.7 Å². The van der Waals surface area contributed by atoms with E-state index in [1.165, 1.54) is 8.87 Å². The average Bonchev–Trinajstić information content (AvgIpc) is 2.20. The van der Waals surface area contributed by atoms with E-state index in [1.807, 2.05) is 0 Å². The Hall–Kier alpha value is 1.42. The minimum atomic E-state index is -1.87. The van der Waals surface area contributed by atoms with Crippen LogP contribution in [-0.4, -0.2) is 40.2 Å². The van der Waals surface area contributed by atoms with Gasteiger partial charge in [-0.25, -0.2) is 0 Å². The summed E-state index contributed by atoms with van der Waals surface area (Å²) in [6, 6.07) is 0. The van der Waals surface area contributed by atoms with E-state index < -0.39 is 15.6 Å². The van der Waals surface area contributed by atoms with Gasteiger partial charge < -0.3 is 0 Å². The zero-order valence-corrected chi connectivity index (χ0v) is 13.2. The molecule has 0 spiro atoms. The summed E-state index contributed by atoms with van der Waals surface area (Å²) in [7, 11) is 4.40. The van der Waals surface area contributed by atoms with Gasteiger partial charge in [0.05, 0.1) is 0 Å². The molecule has 0 radical (unpaired) electrons. The molecule has 0 aliphatic rings. The minimum absolute atomic E-state index is 0.826. The second-order valence-corrected chi connectivity index (χ2v) is 30.7. The van der Waals surface area contributed by atoms with Crippen molar-refractivity contribution in [2.75, 3.05) is 24.6 Å². The standard InChI is InChI=1S/2C2H7NS.2C2H5.Sn/c2*3-1-2-4;2*1-2;/h2*4H,1-3H2;2*1H2,2H3;/q;;;;+2/p-2. The Morgan fingerprint density at radius 1 is 0.923 bits per heavy atom. The van der Waals surface area contributed by atoms with Gasteiger partial charge in [-0.2, -0.15) is 0 Å².